The molecule has 0 amide bonds. The van der Waals surface area contributed by atoms with Crippen molar-refractivity contribution in [3.05, 3.63) is 24.3 Å². The van der Waals surface area contributed by atoms with Gasteiger partial charge in [-0.15, -0.1) is 0 Å². The lowest BCUT2D eigenvalue weighted by molar-refractivity contribution is -0.287. The second kappa shape index (κ2) is 12.4. The molecule has 0 spiro atoms. The van der Waals surface area contributed by atoms with Crippen LogP contribution in [0.1, 0.15) is 26.7 Å². The third-order valence-corrected chi connectivity index (χ3v) is 6.92. The topological polar surface area (TPSA) is 63.2 Å². The lowest BCUT2D eigenvalue weighted by Crippen LogP contribution is -2.40. The highest BCUT2D eigenvalue weighted by atomic mass is 28.4. The number of hydrogen-bond acceptors (Lipinski definition) is 6. The Morgan fingerprint density at radius 1 is 0.957 bits per heavy atom. The molecule has 0 N–H and O–H groups in total. The lowest BCUT2D eigenvalue weighted by atomic mass is 10.4. The zero-order valence-corrected chi connectivity index (χ0v) is 15.8. The van der Waals surface area contributed by atoms with Crippen LogP contribution >= 0.6 is 0 Å². The molecule has 0 aromatic heterocycles. The van der Waals surface area contributed by atoms with Gasteiger partial charge in [0.05, 0.1) is 13.2 Å². The van der Waals surface area contributed by atoms with Gasteiger partial charge in [-0.3, -0.25) is 0 Å². The summed E-state index contributed by atoms with van der Waals surface area (Å²) in [6.45, 7) is 12.0. The number of ether oxygens (including phenoxy) is 1. The molecule has 0 aromatic rings. The number of carbonyl (C=O) groups is 1. The molecule has 7 heteroatoms. The van der Waals surface area contributed by atoms with Crippen molar-refractivity contribution in [2.75, 3.05) is 34.0 Å². The van der Waals surface area contributed by atoms with Crippen LogP contribution in [-0.2, 0) is 28.2 Å². The summed E-state index contributed by atoms with van der Waals surface area (Å²) in [6, 6.07) is 1.53. The van der Waals surface area contributed by atoms with E-state index in [0.717, 1.165) is 24.1 Å². The number of carbonyl (C=O) groups excluding carboxylic acids is 1. The molecule has 0 aromatic carbocycles. The Morgan fingerprint density at radius 2 is 1.52 bits per heavy atom. The molecule has 0 heterocycles. The van der Waals surface area contributed by atoms with Gasteiger partial charge in [0.1, 0.15) is 6.61 Å². The van der Waals surface area contributed by atoms with E-state index < -0.39 is 8.56 Å². The molecule has 0 aliphatic carbocycles. The van der Waals surface area contributed by atoms with E-state index in [1.165, 1.54) is 0 Å². The molecule has 0 saturated heterocycles. The molecule has 23 heavy (non-hydrogen) atoms. The predicted molar refractivity (Wildman–Crippen MR) is 91.1 cm³/mol. The van der Waals surface area contributed by atoms with Gasteiger partial charge in [-0.05, 0) is 38.8 Å². The summed E-state index contributed by atoms with van der Waals surface area (Å²) in [5.74, 6) is -0.366. The third-order valence-electron chi connectivity index (χ3n) is 3.20. The zero-order valence-electron chi connectivity index (χ0n) is 14.8. The molecule has 0 atom stereocenters. The van der Waals surface area contributed by atoms with Gasteiger partial charge in [-0.2, -0.15) is 0 Å². The van der Waals surface area contributed by atoms with Gasteiger partial charge in [-0.25, -0.2) is 14.6 Å². The van der Waals surface area contributed by atoms with Crippen LogP contribution in [0.15, 0.2) is 24.3 Å². The molecule has 0 aliphatic heterocycles. The van der Waals surface area contributed by atoms with Crippen molar-refractivity contribution in [3.63, 3.8) is 0 Å². The smallest absolute Gasteiger partial charge is 0.337 e. The average Bonchev–Trinajstić information content (AvgIpc) is 2.52. The molecule has 0 aliphatic rings. The Bertz CT molecular complexity index is 379. The van der Waals surface area contributed by atoms with Gasteiger partial charge in [0, 0.05) is 19.8 Å². The summed E-state index contributed by atoms with van der Waals surface area (Å²) in [5.41, 5.74) is 1.31. The maximum atomic E-state index is 11.3. The third kappa shape index (κ3) is 10.4. The van der Waals surface area contributed by atoms with Gasteiger partial charge < -0.3 is 13.6 Å². The van der Waals surface area contributed by atoms with Gasteiger partial charge in [0.15, 0.2) is 0 Å². The van der Waals surface area contributed by atoms with Crippen molar-refractivity contribution in [2.24, 2.45) is 0 Å². The van der Waals surface area contributed by atoms with Crippen molar-refractivity contribution in [3.8, 4) is 0 Å². The van der Waals surface area contributed by atoms with Gasteiger partial charge in [0.2, 0.25) is 0 Å². The largest absolute Gasteiger partial charge is 0.462 e. The molecule has 0 radical (unpaired) electrons. The summed E-state index contributed by atoms with van der Waals surface area (Å²) in [4.78, 5) is 21.4. The van der Waals surface area contributed by atoms with E-state index in [1.807, 2.05) is 6.92 Å². The first-order chi connectivity index (χ1) is 10.9. The normalized spacial score (nSPS) is 11.3. The SMILES string of the molecule is C=C(C)COOCCC[Si](CCCOC(=O)C(=C)C)(OC)OC. The Morgan fingerprint density at radius 3 is 2.00 bits per heavy atom. The first-order valence-electron chi connectivity index (χ1n) is 7.68. The molecule has 134 valence electrons. The van der Waals surface area contributed by atoms with Crippen LogP contribution in [0, 0.1) is 0 Å². The first kappa shape index (κ1) is 22.0. The van der Waals surface area contributed by atoms with E-state index in [4.69, 9.17) is 23.4 Å². The van der Waals surface area contributed by atoms with Crippen LogP contribution in [0.2, 0.25) is 12.1 Å². The van der Waals surface area contributed by atoms with Crippen LogP contribution in [0.25, 0.3) is 0 Å². The van der Waals surface area contributed by atoms with Crippen LogP contribution in [0.5, 0.6) is 0 Å². The van der Waals surface area contributed by atoms with Crippen LogP contribution < -0.4 is 0 Å². The Labute approximate surface area is 140 Å². The first-order valence-corrected chi connectivity index (χ1v) is 9.91. The fraction of sp³-hybridized carbons (Fsp3) is 0.688. The van der Waals surface area contributed by atoms with E-state index in [0.29, 0.717) is 31.8 Å². The van der Waals surface area contributed by atoms with Crippen LogP contribution in [-0.4, -0.2) is 48.6 Å². The second-order valence-corrected chi connectivity index (χ2v) is 9.12. The zero-order chi connectivity index (χ0) is 17.7. The Balaban J connectivity index is 4.02. The minimum atomic E-state index is -2.29. The predicted octanol–water partition coefficient (Wildman–Crippen LogP) is 3.15. The second-order valence-electron chi connectivity index (χ2n) is 5.48. The fourth-order valence-corrected chi connectivity index (χ4v) is 4.45. The molecular formula is C16H30O6Si. The van der Waals surface area contributed by atoms with Gasteiger partial charge >= 0.3 is 14.5 Å². The molecule has 6 nitrogen and oxygen atoms in total. The van der Waals surface area contributed by atoms with Crippen LogP contribution in [0.3, 0.4) is 0 Å². The lowest BCUT2D eigenvalue weighted by Gasteiger charge is -2.27. The van der Waals surface area contributed by atoms with E-state index >= 15 is 0 Å². The average molecular weight is 346 g/mol. The number of hydrogen-bond donors (Lipinski definition) is 0. The van der Waals surface area contributed by atoms with E-state index in [9.17, 15) is 4.79 Å². The molecule has 0 saturated carbocycles. The van der Waals surface area contributed by atoms with E-state index in [1.54, 1.807) is 21.1 Å². The minimum Gasteiger partial charge on any atom is -0.462 e. The van der Waals surface area contributed by atoms with Crippen molar-refractivity contribution in [1.29, 1.82) is 0 Å². The summed E-state index contributed by atoms with van der Waals surface area (Å²) in [5, 5.41) is 0. The summed E-state index contributed by atoms with van der Waals surface area (Å²) in [7, 11) is 1.03. The van der Waals surface area contributed by atoms with Gasteiger partial charge in [0.25, 0.3) is 0 Å². The highest BCUT2D eigenvalue weighted by molar-refractivity contribution is 6.67. The van der Waals surface area contributed by atoms with Crippen molar-refractivity contribution in [2.45, 2.75) is 38.8 Å². The number of rotatable bonds is 14. The Kier molecular flexibility index (Phi) is 11.9. The summed E-state index contributed by atoms with van der Waals surface area (Å²) in [6.07, 6.45) is 1.47. The molecule has 0 bridgehead atoms. The summed E-state index contributed by atoms with van der Waals surface area (Å²) >= 11 is 0. The Hall–Kier alpha value is -0.993. The highest BCUT2D eigenvalue weighted by Crippen LogP contribution is 2.21. The maximum absolute atomic E-state index is 11.3. The molecule has 0 unspecified atom stereocenters. The number of esters is 1. The highest BCUT2D eigenvalue weighted by Gasteiger charge is 2.34. The van der Waals surface area contributed by atoms with Crippen molar-refractivity contribution in [1.82, 2.24) is 0 Å². The van der Waals surface area contributed by atoms with E-state index in [2.05, 4.69) is 13.2 Å². The quantitative estimate of drug-likeness (QED) is 0.0916. The van der Waals surface area contributed by atoms with Gasteiger partial charge in [-0.1, -0.05) is 18.7 Å². The molecular weight excluding hydrogens is 316 g/mol. The minimum absolute atomic E-state index is 0.339. The molecule has 0 rings (SSSR count). The molecule has 0 fully saturated rings. The summed E-state index contributed by atoms with van der Waals surface area (Å²) < 4.78 is 16.4. The van der Waals surface area contributed by atoms with Crippen LogP contribution in [0.4, 0.5) is 0 Å². The standard InChI is InChI=1S/C16H30O6Si/c1-14(2)13-22-21-10-8-12-23(18-5,19-6)11-7-9-20-16(17)15(3)4/h1,3,7-13H2,2,4-6H3. The van der Waals surface area contributed by atoms with E-state index in [-0.39, 0.29) is 5.97 Å². The van der Waals surface area contributed by atoms with Crippen molar-refractivity contribution >= 4 is 14.5 Å². The maximum Gasteiger partial charge on any atom is 0.337 e. The monoisotopic (exact) mass is 346 g/mol. The fourth-order valence-electron chi connectivity index (χ4n) is 1.85. The van der Waals surface area contributed by atoms with Crippen molar-refractivity contribution < 1.29 is 28.2 Å².